The number of nitrogen functional groups attached to an aromatic ring is 1. The maximum Gasteiger partial charge on any atom is 0.218 e. The van der Waals surface area contributed by atoms with Crippen molar-refractivity contribution < 1.29 is 4.39 Å². The summed E-state index contributed by atoms with van der Waals surface area (Å²) in [6.45, 7) is 0. The highest BCUT2D eigenvalue weighted by molar-refractivity contribution is 7.99. The first-order chi connectivity index (χ1) is 10.1. The number of halogens is 2. The highest BCUT2D eigenvalue weighted by Crippen LogP contribution is 2.34. The van der Waals surface area contributed by atoms with Crippen LogP contribution in [0.5, 0.6) is 0 Å². The van der Waals surface area contributed by atoms with Gasteiger partial charge >= 0.3 is 0 Å². The number of para-hydroxylation sites is 1. The number of hydrogen-bond donors (Lipinski definition) is 1. The van der Waals surface area contributed by atoms with E-state index in [1.165, 1.54) is 23.9 Å². The van der Waals surface area contributed by atoms with Crippen LogP contribution in [0.1, 0.15) is 0 Å². The molecule has 0 fully saturated rings. The van der Waals surface area contributed by atoms with Gasteiger partial charge in [0.05, 0.1) is 10.7 Å². The number of hydrogen-bond acceptors (Lipinski definition) is 5. The van der Waals surface area contributed by atoms with Crippen molar-refractivity contribution in [2.24, 2.45) is 0 Å². The number of aromatic nitrogens is 4. The Balaban J connectivity index is 1.97. The van der Waals surface area contributed by atoms with Crippen molar-refractivity contribution in [2.45, 2.75) is 10.1 Å². The molecule has 1 heterocycles. The van der Waals surface area contributed by atoms with Crippen LogP contribution in [-0.4, -0.2) is 20.2 Å². The van der Waals surface area contributed by atoms with Crippen LogP contribution in [0, 0.1) is 5.82 Å². The average Bonchev–Trinajstić information content (AvgIpc) is 2.94. The van der Waals surface area contributed by atoms with Gasteiger partial charge in [-0.25, -0.2) is 4.39 Å². The highest BCUT2D eigenvalue weighted by Gasteiger charge is 2.13. The Bertz CT molecular complexity index is 777. The normalized spacial score (nSPS) is 10.8. The van der Waals surface area contributed by atoms with Gasteiger partial charge in [0, 0.05) is 10.6 Å². The Morgan fingerprint density at radius 1 is 1.19 bits per heavy atom. The number of tetrazole rings is 1. The van der Waals surface area contributed by atoms with Crippen LogP contribution in [0.2, 0.25) is 5.02 Å². The molecule has 0 bridgehead atoms. The lowest BCUT2D eigenvalue weighted by atomic mass is 10.3. The SMILES string of the molecule is Nc1cc(F)c(Cl)cc1Sc1nnnn1-c1ccccc1. The lowest BCUT2D eigenvalue weighted by Gasteiger charge is -2.07. The molecule has 0 saturated heterocycles. The van der Waals surface area contributed by atoms with E-state index < -0.39 is 5.82 Å². The molecule has 0 aliphatic heterocycles. The average molecular weight is 322 g/mol. The second-order valence-corrected chi connectivity index (χ2v) is 5.53. The van der Waals surface area contributed by atoms with E-state index in [2.05, 4.69) is 15.5 Å². The summed E-state index contributed by atoms with van der Waals surface area (Å²) >= 11 is 7.00. The summed E-state index contributed by atoms with van der Waals surface area (Å²) in [5.74, 6) is -0.554. The molecule has 5 nitrogen and oxygen atoms in total. The maximum absolute atomic E-state index is 13.3. The molecule has 0 amide bonds. The first-order valence-corrected chi connectivity index (χ1v) is 7.11. The number of nitrogens with two attached hydrogens (primary N) is 1. The van der Waals surface area contributed by atoms with Gasteiger partial charge in [-0.05, 0) is 46.5 Å². The van der Waals surface area contributed by atoms with Gasteiger partial charge in [-0.3, -0.25) is 0 Å². The second-order valence-electron chi connectivity index (χ2n) is 4.12. The van der Waals surface area contributed by atoms with Gasteiger partial charge in [0.25, 0.3) is 0 Å². The van der Waals surface area contributed by atoms with E-state index in [9.17, 15) is 4.39 Å². The predicted molar refractivity (Wildman–Crippen MR) is 79.1 cm³/mol. The molecular weight excluding hydrogens is 313 g/mol. The third-order valence-corrected chi connectivity index (χ3v) is 4.00. The van der Waals surface area contributed by atoms with Crippen molar-refractivity contribution in [1.82, 2.24) is 20.2 Å². The van der Waals surface area contributed by atoms with Crippen molar-refractivity contribution >= 4 is 29.1 Å². The van der Waals surface area contributed by atoms with Crippen molar-refractivity contribution in [1.29, 1.82) is 0 Å². The quantitative estimate of drug-likeness (QED) is 0.750. The molecule has 1 aromatic heterocycles. The number of nitrogens with zero attached hydrogens (tertiary/aromatic N) is 4. The summed E-state index contributed by atoms with van der Waals surface area (Å²) in [6.07, 6.45) is 0. The van der Waals surface area contributed by atoms with Crippen LogP contribution < -0.4 is 5.73 Å². The zero-order valence-corrected chi connectivity index (χ0v) is 12.1. The Labute approximate surface area is 128 Å². The number of benzene rings is 2. The molecule has 8 heteroatoms. The third kappa shape index (κ3) is 2.84. The van der Waals surface area contributed by atoms with Crippen molar-refractivity contribution in [2.75, 3.05) is 5.73 Å². The molecule has 0 saturated carbocycles. The topological polar surface area (TPSA) is 69.6 Å². The van der Waals surface area contributed by atoms with Crippen LogP contribution in [-0.2, 0) is 0 Å². The summed E-state index contributed by atoms with van der Waals surface area (Å²) in [7, 11) is 0. The zero-order valence-electron chi connectivity index (χ0n) is 10.6. The predicted octanol–water partition coefficient (Wildman–Crippen LogP) is 3.19. The summed E-state index contributed by atoms with van der Waals surface area (Å²) in [6, 6.07) is 12.1. The minimum atomic E-state index is -0.554. The Morgan fingerprint density at radius 3 is 2.71 bits per heavy atom. The molecule has 0 atom stereocenters. The van der Waals surface area contributed by atoms with Gasteiger partial charge in [0.15, 0.2) is 0 Å². The summed E-state index contributed by atoms with van der Waals surface area (Å²) in [4.78, 5) is 0.591. The lowest BCUT2D eigenvalue weighted by Crippen LogP contribution is -1.99. The standard InChI is InChI=1S/C13H9ClFN5S/c14-9-6-12(11(16)7-10(9)15)21-13-17-18-19-20(13)8-4-2-1-3-5-8/h1-7H,16H2. The van der Waals surface area contributed by atoms with Gasteiger partial charge < -0.3 is 5.73 Å². The molecule has 0 aliphatic carbocycles. The molecule has 2 aromatic carbocycles. The second kappa shape index (κ2) is 5.71. The summed E-state index contributed by atoms with van der Waals surface area (Å²) in [5.41, 5.74) is 6.90. The number of anilines is 1. The molecule has 0 unspecified atom stereocenters. The van der Waals surface area contributed by atoms with Crippen LogP contribution >= 0.6 is 23.4 Å². The van der Waals surface area contributed by atoms with Gasteiger partial charge in [0.2, 0.25) is 5.16 Å². The van der Waals surface area contributed by atoms with E-state index >= 15 is 0 Å². The van der Waals surface area contributed by atoms with Gasteiger partial charge in [-0.2, -0.15) is 4.68 Å². The van der Waals surface area contributed by atoms with E-state index in [1.54, 1.807) is 4.68 Å². The van der Waals surface area contributed by atoms with Gasteiger partial charge in [-0.1, -0.05) is 29.8 Å². The largest absolute Gasteiger partial charge is 0.398 e. The van der Waals surface area contributed by atoms with Crippen LogP contribution in [0.15, 0.2) is 52.5 Å². The maximum atomic E-state index is 13.3. The zero-order chi connectivity index (χ0) is 14.8. The fraction of sp³-hybridized carbons (Fsp3) is 0. The van der Waals surface area contributed by atoms with Crippen LogP contribution in [0.4, 0.5) is 10.1 Å². The van der Waals surface area contributed by atoms with E-state index in [-0.39, 0.29) is 10.7 Å². The van der Waals surface area contributed by atoms with Crippen LogP contribution in [0.3, 0.4) is 0 Å². The summed E-state index contributed by atoms with van der Waals surface area (Å²) < 4.78 is 14.9. The Morgan fingerprint density at radius 2 is 1.95 bits per heavy atom. The molecule has 106 valence electrons. The van der Waals surface area contributed by atoms with Gasteiger partial charge in [0.1, 0.15) is 5.82 Å². The van der Waals surface area contributed by atoms with E-state index in [0.29, 0.717) is 10.1 Å². The van der Waals surface area contributed by atoms with Crippen molar-refractivity contribution in [3.63, 3.8) is 0 Å². The monoisotopic (exact) mass is 321 g/mol. The van der Waals surface area contributed by atoms with E-state index in [1.807, 2.05) is 30.3 Å². The molecule has 0 radical (unpaired) electrons. The minimum absolute atomic E-state index is 0.00503. The first kappa shape index (κ1) is 13.8. The molecule has 21 heavy (non-hydrogen) atoms. The minimum Gasteiger partial charge on any atom is -0.398 e. The number of rotatable bonds is 3. The van der Waals surface area contributed by atoms with Gasteiger partial charge in [-0.15, -0.1) is 5.10 Å². The Hall–Kier alpha value is -2.12. The molecule has 3 rings (SSSR count). The molecule has 0 spiro atoms. The molecule has 0 aliphatic rings. The van der Waals surface area contributed by atoms with Crippen molar-refractivity contribution in [3.05, 3.63) is 53.3 Å². The smallest absolute Gasteiger partial charge is 0.218 e. The first-order valence-electron chi connectivity index (χ1n) is 5.91. The Kier molecular flexibility index (Phi) is 3.76. The fourth-order valence-electron chi connectivity index (χ4n) is 1.70. The van der Waals surface area contributed by atoms with E-state index in [4.69, 9.17) is 17.3 Å². The molecular formula is C13H9ClFN5S. The lowest BCUT2D eigenvalue weighted by molar-refractivity contribution is 0.628. The fourth-order valence-corrected chi connectivity index (χ4v) is 2.79. The molecule has 2 N–H and O–H groups in total. The van der Waals surface area contributed by atoms with Crippen molar-refractivity contribution in [3.8, 4) is 5.69 Å². The molecule has 3 aromatic rings. The third-order valence-electron chi connectivity index (χ3n) is 2.70. The van der Waals surface area contributed by atoms with Crippen LogP contribution in [0.25, 0.3) is 5.69 Å². The highest BCUT2D eigenvalue weighted by atomic mass is 35.5. The van der Waals surface area contributed by atoms with E-state index in [0.717, 1.165) is 5.69 Å². The summed E-state index contributed by atoms with van der Waals surface area (Å²) in [5, 5.41) is 12.1.